The van der Waals surface area contributed by atoms with E-state index in [9.17, 15) is 19.5 Å². The van der Waals surface area contributed by atoms with Crippen molar-refractivity contribution in [1.82, 2.24) is 4.90 Å². The summed E-state index contributed by atoms with van der Waals surface area (Å²) in [6, 6.07) is 11.5. The van der Waals surface area contributed by atoms with Crippen LogP contribution in [0.5, 0.6) is 11.5 Å². The second kappa shape index (κ2) is 12.7. The molecule has 0 saturated carbocycles. The van der Waals surface area contributed by atoms with Crippen LogP contribution in [-0.4, -0.2) is 74.0 Å². The molecule has 2 aromatic carbocycles. The lowest BCUT2D eigenvalue weighted by atomic mass is 9.94. The molecule has 1 fully saturated rings. The third kappa shape index (κ3) is 6.81. The number of fused-ring (bicyclic) bond motifs is 1. The van der Waals surface area contributed by atoms with Crippen molar-refractivity contribution in [2.45, 2.75) is 57.1 Å². The Morgan fingerprint density at radius 2 is 1.78 bits per heavy atom. The minimum absolute atomic E-state index is 0.149. The second-order valence-electron chi connectivity index (χ2n) is 11.7. The first-order valence-electron chi connectivity index (χ1n) is 13.8. The van der Waals surface area contributed by atoms with Crippen LogP contribution in [-0.2, 0) is 19.1 Å². The van der Waals surface area contributed by atoms with Crippen LogP contribution >= 0.6 is 11.8 Å². The number of carbonyl (C=O) groups excluding carboxylic acids is 2. The summed E-state index contributed by atoms with van der Waals surface area (Å²) in [5.41, 5.74) is 2.00. The van der Waals surface area contributed by atoms with Gasteiger partial charge in [-0.05, 0) is 48.8 Å². The summed E-state index contributed by atoms with van der Waals surface area (Å²) in [7, 11) is 3.13. The molecule has 222 valence electrons. The van der Waals surface area contributed by atoms with Gasteiger partial charge in [-0.15, -0.1) is 11.8 Å². The van der Waals surface area contributed by atoms with Gasteiger partial charge in [0.15, 0.2) is 11.5 Å². The molecule has 2 amide bonds. The number of carboxylic acid groups (broad SMARTS) is 1. The highest BCUT2D eigenvalue weighted by Gasteiger charge is 2.41. The van der Waals surface area contributed by atoms with Crippen molar-refractivity contribution in [3.05, 3.63) is 47.5 Å². The molecule has 2 aromatic rings. The van der Waals surface area contributed by atoms with E-state index in [1.165, 1.54) is 0 Å². The number of amides is 2. The molecule has 2 aliphatic rings. The quantitative estimate of drug-likeness (QED) is 0.432. The lowest BCUT2D eigenvalue weighted by Crippen LogP contribution is -2.47. The van der Waals surface area contributed by atoms with E-state index in [2.05, 4.69) is 20.8 Å². The lowest BCUT2D eigenvalue weighted by molar-refractivity contribution is -0.148. The molecule has 1 N–H and O–H groups in total. The predicted octanol–water partition coefficient (Wildman–Crippen LogP) is 5.01. The summed E-state index contributed by atoms with van der Waals surface area (Å²) in [6.07, 6.45) is 0.850. The highest BCUT2D eigenvalue weighted by atomic mass is 32.2. The van der Waals surface area contributed by atoms with Crippen LogP contribution < -0.4 is 14.4 Å². The molecule has 2 atom stereocenters. The van der Waals surface area contributed by atoms with E-state index < -0.39 is 24.1 Å². The number of methoxy groups -OCH3 is 2. The van der Waals surface area contributed by atoms with Crippen LogP contribution in [0.25, 0.3) is 0 Å². The number of anilines is 1. The first kappa shape index (κ1) is 30.7. The molecule has 0 aliphatic carbocycles. The van der Waals surface area contributed by atoms with Crippen molar-refractivity contribution >= 4 is 35.2 Å². The minimum atomic E-state index is -1.06. The van der Waals surface area contributed by atoms with Gasteiger partial charge in [-0.25, -0.2) is 0 Å². The highest BCUT2D eigenvalue weighted by Crippen LogP contribution is 2.46. The van der Waals surface area contributed by atoms with Crippen LogP contribution in [0.4, 0.5) is 5.69 Å². The maximum Gasteiger partial charge on any atom is 0.306 e. The van der Waals surface area contributed by atoms with Gasteiger partial charge < -0.3 is 29.1 Å². The number of piperidine rings is 1. The number of nitrogens with zero attached hydrogens (tertiary/aromatic N) is 2. The molecule has 0 bridgehead atoms. The number of ether oxygens (including phenoxy) is 3. The number of carbonyl (C=O) groups is 3. The first-order valence-corrected chi connectivity index (χ1v) is 15.1. The average Bonchev–Trinajstić information content (AvgIpc) is 3.06. The number of carboxylic acids is 1. The Kier molecular flexibility index (Phi) is 9.54. The van der Waals surface area contributed by atoms with Gasteiger partial charge in [-0.2, -0.15) is 0 Å². The van der Waals surface area contributed by atoms with Crippen LogP contribution in [0.2, 0.25) is 0 Å². The fraction of sp³-hybridized carbons (Fsp3) is 0.516. The Morgan fingerprint density at radius 3 is 2.37 bits per heavy atom. The Labute approximate surface area is 246 Å². The van der Waals surface area contributed by atoms with Crippen molar-refractivity contribution in [2.24, 2.45) is 11.3 Å². The molecule has 2 heterocycles. The minimum Gasteiger partial charge on any atom is -0.493 e. The maximum atomic E-state index is 14.2. The summed E-state index contributed by atoms with van der Waals surface area (Å²) in [6.45, 7) is 7.31. The van der Waals surface area contributed by atoms with Crippen LogP contribution in [0.3, 0.4) is 0 Å². The van der Waals surface area contributed by atoms with Crippen molar-refractivity contribution < 1.29 is 33.7 Å². The van der Waals surface area contributed by atoms with Crippen molar-refractivity contribution in [2.75, 3.05) is 45.0 Å². The zero-order chi connectivity index (χ0) is 29.9. The van der Waals surface area contributed by atoms with Crippen LogP contribution in [0, 0.1) is 11.3 Å². The monoisotopic (exact) mass is 584 g/mol. The normalized spacial score (nSPS) is 19.9. The van der Waals surface area contributed by atoms with E-state index in [-0.39, 0.29) is 23.7 Å². The van der Waals surface area contributed by atoms with Crippen molar-refractivity contribution in [3.63, 3.8) is 0 Å². The summed E-state index contributed by atoms with van der Waals surface area (Å²) >= 11 is 1.59. The molecule has 4 rings (SSSR count). The number of para-hydroxylation sites is 1. The van der Waals surface area contributed by atoms with E-state index >= 15 is 0 Å². The number of hydrogen-bond donors (Lipinski definition) is 1. The van der Waals surface area contributed by atoms with Gasteiger partial charge >= 0.3 is 5.97 Å². The molecule has 9 nitrogen and oxygen atoms in total. The average molecular weight is 585 g/mol. The molecule has 10 heteroatoms. The number of benzene rings is 2. The van der Waals surface area contributed by atoms with E-state index in [1.807, 2.05) is 36.6 Å². The topological polar surface area (TPSA) is 106 Å². The smallest absolute Gasteiger partial charge is 0.306 e. The Bertz CT molecular complexity index is 1280. The van der Waals surface area contributed by atoms with Crippen LogP contribution in [0.1, 0.15) is 57.3 Å². The fourth-order valence-corrected chi connectivity index (χ4v) is 5.95. The SMILES string of the molecule is COc1cccc(C2OC(CC(=O)N3CCC(C(=O)O)CC3)C(=O)N(CC(C)(C)C)c3ccc(SC)cc32)c1OC. The number of hydrogen-bond acceptors (Lipinski definition) is 7. The van der Waals surface area contributed by atoms with Gasteiger partial charge in [0.2, 0.25) is 5.91 Å². The van der Waals surface area contributed by atoms with Gasteiger partial charge in [0.1, 0.15) is 12.2 Å². The largest absolute Gasteiger partial charge is 0.493 e. The number of thioether (sulfide) groups is 1. The Balaban J connectivity index is 1.79. The maximum absolute atomic E-state index is 14.2. The molecule has 1 saturated heterocycles. The lowest BCUT2D eigenvalue weighted by Gasteiger charge is -2.33. The van der Waals surface area contributed by atoms with E-state index in [4.69, 9.17) is 14.2 Å². The van der Waals surface area contributed by atoms with E-state index in [0.29, 0.717) is 49.5 Å². The zero-order valence-corrected chi connectivity index (χ0v) is 25.5. The summed E-state index contributed by atoms with van der Waals surface area (Å²) in [4.78, 5) is 43.6. The summed E-state index contributed by atoms with van der Waals surface area (Å²) in [5, 5.41) is 9.36. The second-order valence-corrected chi connectivity index (χ2v) is 12.6. The molecule has 2 unspecified atom stereocenters. The number of aliphatic carboxylic acids is 1. The first-order chi connectivity index (χ1) is 19.5. The number of rotatable bonds is 8. The third-order valence-corrected chi connectivity index (χ3v) is 8.28. The van der Waals surface area contributed by atoms with Gasteiger partial charge in [0, 0.05) is 41.3 Å². The number of likely N-dealkylation sites (tertiary alicyclic amines) is 1. The molecule has 0 spiro atoms. The molecule has 0 radical (unpaired) electrons. The highest BCUT2D eigenvalue weighted by molar-refractivity contribution is 7.98. The molecular formula is C31H40N2O7S. The zero-order valence-electron chi connectivity index (χ0n) is 24.6. The molecule has 2 aliphatic heterocycles. The van der Waals surface area contributed by atoms with Gasteiger partial charge in [0.25, 0.3) is 5.91 Å². The van der Waals surface area contributed by atoms with Gasteiger partial charge in [0.05, 0.1) is 26.6 Å². The molecular weight excluding hydrogens is 544 g/mol. The molecule has 41 heavy (non-hydrogen) atoms. The predicted molar refractivity (Wildman–Crippen MR) is 158 cm³/mol. The standard InChI is InChI=1S/C31H40N2O7S/c1-31(2,3)18-33-23-11-10-20(41-6)16-22(23)27(21-8-7-9-24(38-4)28(21)39-5)40-25(29(33)35)17-26(34)32-14-12-19(13-15-32)30(36)37/h7-11,16,19,25,27H,12-15,17-18H2,1-6H3,(H,36,37). The van der Waals surface area contributed by atoms with Crippen molar-refractivity contribution in [1.29, 1.82) is 0 Å². The Hall–Kier alpha value is -3.24. The molecule has 0 aromatic heterocycles. The summed E-state index contributed by atoms with van der Waals surface area (Å²) in [5.74, 6) is -0.770. The van der Waals surface area contributed by atoms with E-state index in [1.54, 1.807) is 41.8 Å². The van der Waals surface area contributed by atoms with Crippen LogP contribution in [0.15, 0.2) is 41.3 Å². The Morgan fingerprint density at radius 1 is 1.07 bits per heavy atom. The van der Waals surface area contributed by atoms with Gasteiger partial charge in [-0.1, -0.05) is 32.9 Å². The summed E-state index contributed by atoms with van der Waals surface area (Å²) < 4.78 is 18.0. The third-order valence-electron chi connectivity index (χ3n) is 7.56. The fourth-order valence-electron chi connectivity index (χ4n) is 5.50. The van der Waals surface area contributed by atoms with Crippen molar-refractivity contribution in [3.8, 4) is 11.5 Å². The van der Waals surface area contributed by atoms with E-state index in [0.717, 1.165) is 16.1 Å². The van der Waals surface area contributed by atoms with Gasteiger partial charge in [-0.3, -0.25) is 14.4 Å².